The van der Waals surface area contributed by atoms with Crippen LogP contribution in [0.3, 0.4) is 0 Å². The Morgan fingerprint density at radius 1 is 1.33 bits per heavy atom. The normalized spacial score (nSPS) is 18.3. The molecule has 1 heterocycles. The lowest BCUT2D eigenvalue weighted by Crippen LogP contribution is -2.45. The lowest BCUT2D eigenvalue weighted by molar-refractivity contribution is -0.127. The number of halogens is 1. The van der Waals surface area contributed by atoms with Crippen LogP contribution in [0.25, 0.3) is 0 Å². The molecule has 1 N–H and O–H groups in total. The maximum atomic E-state index is 12.6. The van der Waals surface area contributed by atoms with Crippen LogP contribution in [0.1, 0.15) is 19.8 Å². The molecule has 1 aromatic carbocycles. The number of sulfonamides is 1. The first kappa shape index (κ1) is 19.4. The van der Waals surface area contributed by atoms with Crippen molar-refractivity contribution < 1.29 is 17.9 Å². The van der Waals surface area contributed by atoms with Crippen molar-refractivity contribution in [1.29, 1.82) is 0 Å². The molecule has 0 radical (unpaired) electrons. The molecule has 0 aromatic heterocycles. The van der Waals surface area contributed by atoms with E-state index < -0.39 is 10.0 Å². The molecule has 0 unspecified atom stereocenters. The van der Waals surface area contributed by atoms with Crippen LogP contribution < -0.4 is 5.32 Å². The van der Waals surface area contributed by atoms with E-state index >= 15 is 0 Å². The zero-order chi connectivity index (χ0) is 17.7. The maximum absolute atomic E-state index is 12.6. The number of nitrogens with zero attached hydrogens (tertiary/aromatic N) is 1. The van der Waals surface area contributed by atoms with E-state index in [1.165, 1.54) is 4.31 Å². The van der Waals surface area contributed by atoms with E-state index in [0.717, 1.165) is 4.47 Å². The number of rotatable bonds is 6. The lowest BCUT2D eigenvalue weighted by atomic mass is 9.97. The molecule has 6 nitrogen and oxygen atoms in total. The summed E-state index contributed by atoms with van der Waals surface area (Å²) < 4.78 is 32.6. The Balaban J connectivity index is 1.94. The summed E-state index contributed by atoms with van der Waals surface area (Å²) in [5, 5.41) is 2.90. The van der Waals surface area contributed by atoms with Crippen molar-refractivity contribution in [2.45, 2.75) is 30.7 Å². The SMILES string of the molecule is COC[C@H](C)NC(=O)C1CCN(S(=O)(=O)c2ccc(Br)cc2)CC1. The number of nitrogens with one attached hydrogen (secondary N) is 1. The van der Waals surface area contributed by atoms with E-state index in [1.807, 2.05) is 6.92 Å². The van der Waals surface area contributed by atoms with Crippen LogP contribution >= 0.6 is 15.9 Å². The third kappa shape index (κ3) is 4.78. The number of piperidine rings is 1. The van der Waals surface area contributed by atoms with Gasteiger partial charge in [-0.25, -0.2) is 8.42 Å². The summed E-state index contributed by atoms with van der Waals surface area (Å²) in [5.74, 6) is -0.180. The third-order valence-electron chi connectivity index (χ3n) is 4.08. The van der Waals surface area contributed by atoms with E-state index in [9.17, 15) is 13.2 Å². The van der Waals surface area contributed by atoms with Crippen LogP contribution in [-0.2, 0) is 19.6 Å². The number of benzene rings is 1. The molecule has 1 aliphatic heterocycles. The summed E-state index contributed by atoms with van der Waals surface area (Å²) in [4.78, 5) is 12.5. The van der Waals surface area contributed by atoms with E-state index in [-0.39, 0.29) is 22.8 Å². The minimum Gasteiger partial charge on any atom is -0.383 e. The molecule has 1 fully saturated rings. The minimum absolute atomic E-state index is 0.0276. The average Bonchev–Trinajstić information content (AvgIpc) is 2.55. The fraction of sp³-hybridized carbons (Fsp3) is 0.562. The van der Waals surface area contributed by atoms with Gasteiger partial charge in [0.15, 0.2) is 0 Å². The second-order valence-electron chi connectivity index (χ2n) is 6.00. The molecule has 1 saturated heterocycles. The van der Waals surface area contributed by atoms with Crippen molar-refractivity contribution in [3.63, 3.8) is 0 Å². The summed E-state index contributed by atoms with van der Waals surface area (Å²) in [5.41, 5.74) is 0. The lowest BCUT2D eigenvalue weighted by Gasteiger charge is -2.31. The van der Waals surface area contributed by atoms with Gasteiger partial charge in [0.25, 0.3) is 0 Å². The highest BCUT2D eigenvalue weighted by molar-refractivity contribution is 9.10. The molecule has 24 heavy (non-hydrogen) atoms. The highest BCUT2D eigenvalue weighted by Crippen LogP contribution is 2.25. The second kappa shape index (κ2) is 8.42. The number of amides is 1. The molecule has 1 amide bonds. The zero-order valence-electron chi connectivity index (χ0n) is 13.9. The number of hydrogen-bond acceptors (Lipinski definition) is 4. The Hall–Kier alpha value is -0.960. The molecule has 1 atom stereocenters. The zero-order valence-corrected chi connectivity index (χ0v) is 16.3. The predicted molar refractivity (Wildman–Crippen MR) is 95.1 cm³/mol. The average molecular weight is 419 g/mol. The second-order valence-corrected chi connectivity index (χ2v) is 8.85. The fourth-order valence-electron chi connectivity index (χ4n) is 2.77. The van der Waals surface area contributed by atoms with Crippen molar-refractivity contribution in [2.24, 2.45) is 5.92 Å². The quantitative estimate of drug-likeness (QED) is 0.766. The van der Waals surface area contributed by atoms with E-state index in [4.69, 9.17) is 4.74 Å². The van der Waals surface area contributed by atoms with Gasteiger partial charge in [0.05, 0.1) is 11.5 Å². The van der Waals surface area contributed by atoms with Gasteiger partial charge in [0.2, 0.25) is 15.9 Å². The van der Waals surface area contributed by atoms with Gasteiger partial charge in [0, 0.05) is 36.6 Å². The van der Waals surface area contributed by atoms with Gasteiger partial charge >= 0.3 is 0 Å². The molecule has 1 aliphatic rings. The first-order chi connectivity index (χ1) is 11.3. The van der Waals surface area contributed by atoms with Gasteiger partial charge in [-0.2, -0.15) is 4.31 Å². The Morgan fingerprint density at radius 3 is 2.46 bits per heavy atom. The van der Waals surface area contributed by atoms with Crippen LogP contribution in [0.5, 0.6) is 0 Å². The first-order valence-corrected chi connectivity index (χ1v) is 10.1. The monoisotopic (exact) mass is 418 g/mol. The molecule has 0 saturated carbocycles. The predicted octanol–water partition coefficient (Wildman–Crippen LogP) is 2.00. The van der Waals surface area contributed by atoms with Crippen molar-refractivity contribution in [1.82, 2.24) is 9.62 Å². The van der Waals surface area contributed by atoms with Crippen molar-refractivity contribution in [3.05, 3.63) is 28.7 Å². The Kier molecular flexibility index (Phi) is 6.79. The molecule has 0 aliphatic carbocycles. The van der Waals surface area contributed by atoms with Crippen LogP contribution in [0.4, 0.5) is 0 Å². The Labute approximate surface area is 151 Å². The highest BCUT2D eigenvalue weighted by Gasteiger charge is 2.32. The molecule has 134 valence electrons. The number of hydrogen-bond donors (Lipinski definition) is 1. The van der Waals surface area contributed by atoms with Gasteiger partial charge in [-0.1, -0.05) is 15.9 Å². The smallest absolute Gasteiger partial charge is 0.243 e. The summed E-state index contributed by atoms with van der Waals surface area (Å²) in [6.07, 6.45) is 1.06. The molecule has 2 rings (SSSR count). The summed E-state index contributed by atoms with van der Waals surface area (Å²) in [6.45, 7) is 3.06. The van der Waals surface area contributed by atoms with Gasteiger partial charge < -0.3 is 10.1 Å². The summed E-state index contributed by atoms with van der Waals surface area (Å²) in [7, 11) is -1.91. The van der Waals surface area contributed by atoms with Crippen molar-refractivity contribution in [2.75, 3.05) is 26.8 Å². The van der Waals surface area contributed by atoms with Gasteiger partial charge in [-0.3, -0.25) is 4.79 Å². The Bertz CT molecular complexity index is 655. The topological polar surface area (TPSA) is 75.7 Å². The number of carbonyl (C=O) groups is 1. The number of ether oxygens (including phenoxy) is 1. The van der Waals surface area contributed by atoms with Gasteiger partial charge in [0.1, 0.15) is 0 Å². The molecule has 1 aromatic rings. The van der Waals surface area contributed by atoms with Crippen LogP contribution in [0.2, 0.25) is 0 Å². The number of methoxy groups -OCH3 is 1. The third-order valence-corrected chi connectivity index (χ3v) is 6.52. The number of carbonyl (C=O) groups excluding carboxylic acids is 1. The van der Waals surface area contributed by atoms with Gasteiger partial charge in [-0.15, -0.1) is 0 Å². The maximum Gasteiger partial charge on any atom is 0.243 e. The molecule has 8 heteroatoms. The minimum atomic E-state index is -3.50. The molecular formula is C16H23BrN2O4S. The van der Waals surface area contributed by atoms with Crippen LogP contribution in [-0.4, -0.2) is 51.5 Å². The Morgan fingerprint density at radius 2 is 1.92 bits per heavy atom. The first-order valence-electron chi connectivity index (χ1n) is 7.89. The molecule has 0 spiro atoms. The van der Waals surface area contributed by atoms with E-state index in [0.29, 0.717) is 32.5 Å². The van der Waals surface area contributed by atoms with E-state index in [1.54, 1.807) is 31.4 Å². The molecule has 0 bridgehead atoms. The molecular weight excluding hydrogens is 396 g/mol. The highest BCUT2D eigenvalue weighted by atomic mass is 79.9. The van der Waals surface area contributed by atoms with Crippen LogP contribution in [0, 0.1) is 5.92 Å². The van der Waals surface area contributed by atoms with Crippen LogP contribution in [0.15, 0.2) is 33.6 Å². The largest absolute Gasteiger partial charge is 0.383 e. The van der Waals surface area contributed by atoms with Gasteiger partial charge in [-0.05, 0) is 44.0 Å². The fourth-order valence-corrected chi connectivity index (χ4v) is 4.50. The standard InChI is InChI=1S/C16H23BrN2O4S/c1-12(11-23-2)18-16(20)13-7-9-19(10-8-13)24(21,22)15-5-3-14(17)4-6-15/h3-6,12-13H,7-11H2,1-2H3,(H,18,20)/t12-/m0/s1. The van der Waals surface area contributed by atoms with Crippen molar-refractivity contribution in [3.8, 4) is 0 Å². The van der Waals surface area contributed by atoms with E-state index in [2.05, 4.69) is 21.2 Å². The summed E-state index contributed by atoms with van der Waals surface area (Å²) in [6, 6.07) is 6.55. The summed E-state index contributed by atoms with van der Waals surface area (Å²) >= 11 is 3.30. The van der Waals surface area contributed by atoms with Crippen molar-refractivity contribution >= 4 is 31.9 Å².